The van der Waals surface area contributed by atoms with Crippen molar-refractivity contribution in [2.24, 2.45) is 0 Å². The lowest BCUT2D eigenvalue weighted by atomic mass is 10.1. The van der Waals surface area contributed by atoms with E-state index in [4.69, 9.17) is 0 Å². The molecule has 1 heterocycles. The average Bonchev–Trinajstić information content (AvgIpc) is 2.29. The molecule has 1 aromatic carbocycles. The second-order valence-corrected chi connectivity index (χ2v) is 3.78. The van der Waals surface area contributed by atoms with E-state index in [9.17, 15) is 9.59 Å². The first-order valence-corrected chi connectivity index (χ1v) is 5.11. The number of hydrogen-bond acceptors (Lipinski definition) is 3. The average molecular weight is 203 g/mol. The first kappa shape index (κ1) is 9.90. The Morgan fingerprint density at radius 1 is 1.33 bits per heavy atom. The molecule has 1 aliphatic rings. The van der Waals surface area contributed by atoms with Crippen LogP contribution in [0.1, 0.15) is 23.2 Å². The van der Waals surface area contributed by atoms with E-state index in [1.807, 2.05) is 23.1 Å². The molecule has 1 saturated heterocycles. The van der Waals surface area contributed by atoms with Crippen molar-refractivity contribution in [3.63, 3.8) is 0 Å². The van der Waals surface area contributed by atoms with Crippen molar-refractivity contribution < 1.29 is 9.59 Å². The Hall–Kier alpha value is -1.64. The zero-order valence-corrected chi connectivity index (χ0v) is 8.48. The first-order chi connectivity index (χ1) is 7.29. The van der Waals surface area contributed by atoms with Crippen molar-refractivity contribution in [1.82, 2.24) is 0 Å². The number of carbonyl (C=O) groups is 2. The Morgan fingerprint density at radius 2 is 2.20 bits per heavy atom. The molecule has 0 amide bonds. The maximum atomic E-state index is 11.3. The van der Waals surface area contributed by atoms with Gasteiger partial charge in [-0.3, -0.25) is 9.59 Å². The van der Waals surface area contributed by atoms with Gasteiger partial charge in [0.25, 0.3) is 0 Å². The molecule has 1 aliphatic heterocycles. The Kier molecular flexibility index (Phi) is 2.81. The minimum Gasteiger partial charge on any atom is -0.364 e. The third kappa shape index (κ3) is 2.24. The van der Waals surface area contributed by atoms with Crippen molar-refractivity contribution in [2.45, 2.75) is 12.8 Å². The SMILES string of the molecule is O=Cc1cccc(N2CCCC(=O)C2)c1. The van der Waals surface area contributed by atoms with Crippen molar-refractivity contribution in [2.75, 3.05) is 18.0 Å². The number of piperidine rings is 1. The Labute approximate surface area is 88.7 Å². The van der Waals surface area contributed by atoms with Gasteiger partial charge in [0, 0.05) is 24.2 Å². The van der Waals surface area contributed by atoms with E-state index in [0.29, 0.717) is 18.5 Å². The highest BCUT2D eigenvalue weighted by molar-refractivity contribution is 5.85. The molecule has 2 rings (SSSR count). The van der Waals surface area contributed by atoms with Crippen LogP contribution in [0.4, 0.5) is 5.69 Å². The van der Waals surface area contributed by atoms with E-state index >= 15 is 0 Å². The molecule has 78 valence electrons. The van der Waals surface area contributed by atoms with E-state index in [1.54, 1.807) is 6.07 Å². The second kappa shape index (κ2) is 4.26. The van der Waals surface area contributed by atoms with Gasteiger partial charge in [-0.15, -0.1) is 0 Å². The number of Topliss-reactive ketones (excluding diaryl/α,β-unsaturated/α-hetero) is 1. The molecule has 0 saturated carbocycles. The molecule has 3 heteroatoms. The van der Waals surface area contributed by atoms with E-state index < -0.39 is 0 Å². The van der Waals surface area contributed by atoms with Crippen LogP contribution in [0, 0.1) is 0 Å². The van der Waals surface area contributed by atoms with Crippen molar-refractivity contribution >= 4 is 17.8 Å². The topological polar surface area (TPSA) is 37.4 Å². The molecule has 3 nitrogen and oxygen atoms in total. The lowest BCUT2D eigenvalue weighted by Gasteiger charge is -2.27. The van der Waals surface area contributed by atoms with Crippen LogP contribution in [-0.2, 0) is 4.79 Å². The van der Waals surface area contributed by atoms with Gasteiger partial charge in [-0.1, -0.05) is 12.1 Å². The fourth-order valence-electron chi connectivity index (χ4n) is 1.85. The van der Waals surface area contributed by atoms with Gasteiger partial charge in [0.1, 0.15) is 6.29 Å². The summed E-state index contributed by atoms with van der Waals surface area (Å²) < 4.78 is 0. The van der Waals surface area contributed by atoms with Crippen LogP contribution in [-0.4, -0.2) is 25.2 Å². The Balaban J connectivity index is 2.20. The quantitative estimate of drug-likeness (QED) is 0.686. The minimum atomic E-state index is 0.276. The molecule has 0 atom stereocenters. The molecule has 1 fully saturated rings. The number of aldehydes is 1. The molecule has 1 aromatic rings. The van der Waals surface area contributed by atoms with Gasteiger partial charge in [-0.2, -0.15) is 0 Å². The lowest BCUT2D eigenvalue weighted by molar-refractivity contribution is -0.118. The number of anilines is 1. The largest absolute Gasteiger partial charge is 0.364 e. The van der Waals surface area contributed by atoms with Crippen LogP contribution in [0.5, 0.6) is 0 Å². The standard InChI is InChI=1S/C12H13NO2/c14-9-10-3-1-4-11(7-10)13-6-2-5-12(15)8-13/h1,3-4,7,9H,2,5-6,8H2. The van der Waals surface area contributed by atoms with E-state index in [1.165, 1.54) is 0 Å². The molecule has 0 bridgehead atoms. The summed E-state index contributed by atoms with van der Waals surface area (Å²) in [7, 11) is 0. The van der Waals surface area contributed by atoms with Crippen LogP contribution in [0.3, 0.4) is 0 Å². The number of benzene rings is 1. The maximum absolute atomic E-state index is 11.3. The van der Waals surface area contributed by atoms with Gasteiger partial charge in [-0.25, -0.2) is 0 Å². The van der Waals surface area contributed by atoms with Gasteiger partial charge in [-0.05, 0) is 18.6 Å². The number of carbonyl (C=O) groups excluding carboxylic acids is 2. The highest BCUT2D eigenvalue weighted by Crippen LogP contribution is 2.18. The Bertz CT molecular complexity index is 387. The van der Waals surface area contributed by atoms with Gasteiger partial charge in [0.15, 0.2) is 5.78 Å². The zero-order valence-electron chi connectivity index (χ0n) is 8.48. The van der Waals surface area contributed by atoms with Gasteiger partial charge in [0.2, 0.25) is 0 Å². The molecular formula is C12H13NO2. The summed E-state index contributed by atoms with van der Waals surface area (Å²) in [5.74, 6) is 0.276. The second-order valence-electron chi connectivity index (χ2n) is 3.78. The van der Waals surface area contributed by atoms with Gasteiger partial charge < -0.3 is 4.90 Å². The molecule has 15 heavy (non-hydrogen) atoms. The smallest absolute Gasteiger partial charge is 0.152 e. The minimum absolute atomic E-state index is 0.276. The van der Waals surface area contributed by atoms with Crippen LogP contribution in [0.2, 0.25) is 0 Å². The highest BCUT2D eigenvalue weighted by atomic mass is 16.1. The number of hydrogen-bond donors (Lipinski definition) is 0. The maximum Gasteiger partial charge on any atom is 0.152 e. The monoisotopic (exact) mass is 203 g/mol. The third-order valence-corrected chi connectivity index (χ3v) is 2.62. The molecule has 0 aliphatic carbocycles. The molecule has 0 unspecified atom stereocenters. The normalized spacial score (nSPS) is 16.5. The van der Waals surface area contributed by atoms with E-state index in [-0.39, 0.29) is 5.78 Å². The summed E-state index contributed by atoms with van der Waals surface area (Å²) in [6.07, 6.45) is 2.42. The predicted octanol–water partition coefficient (Wildman–Crippen LogP) is 1.67. The number of rotatable bonds is 2. The van der Waals surface area contributed by atoms with Crippen LogP contribution >= 0.6 is 0 Å². The Morgan fingerprint density at radius 3 is 2.93 bits per heavy atom. The molecular weight excluding hydrogens is 190 g/mol. The van der Waals surface area contributed by atoms with Gasteiger partial charge >= 0.3 is 0 Å². The predicted molar refractivity (Wildman–Crippen MR) is 58.3 cm³/mol. The highest BCUT2D eigenvalue weighted by Gasteiger charge is 2.16. The molecule has 0 spiro atoms. The molecule has 0 aromatic heterocycles. The summed E-state index contributed by atoms with van der Waals surface area (Å²) in [6, 6.07) is 7.37. The van der Waals surface area contributed by atoms with E-state index in [0.717, 1.165) is 24.9 Å². The third-order valence-electron chi connectivity index (χ3n) is 2.62. The molecule has 0 N–H and O–H groups in total. The zero-order chi connectivity index (χ0) is 10.7. The van der Waals surface area contributed by atoms with Crippen LogP contribution in [0.15, 0.2) is 24.3 Å². The fraction of sp³-hybridized carbons (Fsp3) is 0.333. The number of ketones is 1. The van der Waals surface area contributed by atoms with Crippen molar-refractivity contribution in [3.05, 3.63) is 29.8 Å². The van der Waals surface area contributed by atoms with Crippen molar-refractivity contribution in [3.8, 4) is 0 Å². The fourth-order valence-corrected chi connectivity index (χ4v) is 1.85. The van der Waals surface area contributed by atoms with Gasteiger partial charge in [0.05, 0.1) is 6.54 Å². The number of nitrogens with zero attached hydrogens (tertiary/aromatic N) is 1. The summed E-state index contributed by atoms with van der Waals surface area (Å²) in [6.45, 7) is 1.37. The van der Waals surface area contributed by atoms with Crippen LogP contribution in [0.25, 0.3) is 0 Å². The van der Waals surface area contributed by atoms with E-state index in [2.05, 4.69) is 0 Å². The summed E-state index contributed by atoms with van der Waals surface area (Å²) in [5, 5.41) is 0. The summed E-state index contributed by atoms with van der Waals surface area (Å²) >= 11 is 0. The van der Waals surface area contributed by atoms with Crippen molar-refractivity contribution in [1.29, 1.82) is 0 Å². The summed E-state index contributed by atoms with van der Waals surface area (Å²) in [4.78, 5) is 23.9. The van der Waals surface area contributed by atoms with Crippen LogP contribution < -0.4 is 4.90 Å². The first-order valence-electron chi connectivity index (χ1n) is 5.11. The molecule has 0 radical (unpaired) electrons. The summed E-state index contributed by atoms with van der Waals surface area (Å²) in [5.41, 5.74) is 1.62. The lowest BCUT2D eigenvalue weighted by Crippen LogP contribution is -2.35.